The van der Waals surface area contributed by atoms with Crippen LogP contribution in [0.2, 0.25) is 0 Å². The molecule has 1 heterocycles. The zero-order valence-corrected chi connectivity index (χ0v) is 9.14. The fraction of sp³-hybridized carbons (Fsp3) is 0.0833. The summed E-state index contributed by atoms with van der Waals surface area (Å²) in [5, 5.41) is 2.33. The molecule has 0 aliphatic heterocycles. The van der Waals surface area contributed by atoms with Crippen LogP contribution in [-0.4, -0.2) is 10.9 Å². The summed E-state index contributed by atoms with van der Waals surface area (Å²) >= 11 is 0. The number of rotatable bonds is 3. The molecule has 0 unspecified atom stereocenters. The maximum Gasteiger partial charge on any atom is 0.267 e. The van der Waals surface area contributed by atoms with Crippen molar-refractivity contribution >= 4 is 5.91 Å². The Balaban J connectivity index is 2.09. The average molecular weight is 254 g/mol. The molecule has 0 radical (unpaired) electrons. The smallest absolute Gasteiger partial charge is 0.267 e. The second-order valence-electron chi connectivity index (χ2n) is 3.61. The molecular formula is C12H9F3N2O. The van der Waals surface area contributed by atoms with Gasteiger partial charge in [-0.1, -0.05) is 0 Å². The lowest BCUT2D eigenvalue weighted by Crippen LogP contribution is -2.24. The first-order valence-electron chi connectivity index (χ1n) is 5.13. The van der Waals surface area contributed by atoms with Gasteiger partial charge in [-0.05, 0) is 12.1 Å². The SMILES string of the molecule is O=C(NCc1c(F)cc(F)cc1F)c1ccc[nH]1. The number of aromatic nitrogens is 1. The number of aromatic amines is 1. The highest BCUT2D eigenvalue weighted by atomic mass is 19.1. The standard InChI is InChI=1S/C12H9F3N2O/c13-7-4-9(14)8(10(15)5-7)6-17-12(18)11-2-1-3-16-11/h1-5,16H,6H2,(H,17,18). The normalized spacial score (nSPS) is 10.4. The van der Waals surface area contributed by atoms with E-state index >= 15 is 0 Å². The Hall–Kier alpha value is -2.24. The van der Waals surface area contributed by atoms with E-state index < -0.39 is 23.4 Å². The van der Waals surface area contributed by atoms with Crippen molar-refractivity contribution in [3.63, 3.8) is 0 Å². The van der Waals surface area contributed by atoms with Gasteiger partial charge in [0.2, 0.25) is 0 Å². The van der Waals surface area contributed by atoms with E-state index in [1.54, 1.807) is 12.3 Å². The monoisotopic (exact) mass is 254 g/mol. The van der Waals surface area contributed by atoms with Crippen LogP contribution in [0.3, 0.4) is 0 Å². The largest absolute Gasteiger partial charge is 0.357 e. The van der Waals surface area contributed by atoms with Crippen LogP contribution >= 0.6 is 0 Å². The van der Waals surface area contributed by atoms with Crippen LogP contribution in [0.4, 0.5) is 13.2 Å². The molecule has 94 valence electrons. The molecule has 18 heavy (non-hydrogen) atoms. The van der Waals surface area contributed by atoms with E-state index in [-0.39, 0.29) is 17.8 Å². The van der Waals surface area contributed by atoms with Crippen molar-refractivity contribution in [1.29, 1.82) is 0 Å². The van der Waals surface area contributed by atoms with Gasteiger partial charge < -0.3 is 10.3 Å². The van der Waals surface area contributed by atoms with E-state index in [9.17, 15) is 18.0 Å². The van der Waals surface area contributed by atoms with E-state index in [4.69, 9.17) is 0 Å². The van der Waals surface area contributed by atoms with Gasteiger partial charge in [-0.2, -0.15) is 0 Å². The van der Waals surface area contributed by atoms with Gasteiger partial charge in [0.1, 0.15) is 23.1 Å². The van der Waals surface area contributed by atoms with E-state index in [0.717, 1.165) is 0 Å². The molecular weight excluding hydrogens is 245 g/mol. The molecule has 0 saturated carbocycles. The van der Waals surface area contributed by atoms with E-state index in [1.165, 1.54) is 6.07 Å². The maximum atomic E-state index is 13.3. The number of halogens is 3. The minimum absolute atomic E-state index is 0.276. The van der Waals surface area contributed by atoms with Gasteiger partial charge in [0.15, 0.2) is 0 Å². The van der Waals surface area contributed by atoms with Crippen molar-refractivity contribution in [2.45, 2.75) is 6.54 Å². The van der Waals surface area contributed by atoms with Gasteiger partial charge in [0, 0.05) is 30.4 Å². The summed E-state index contributed by atoms with van der Waals surface area (Å²) in [6.07, 6.45) is 1.55. The molecule has 0 saturated heterocycles. The summed E-state index contributed by atoms with van der Waals surface area (Å²) in [4.78, 5) is 14.2. The highest BCUT2D eigenvalue weighted by Crippen LogP contribution is 2.14. The van der Waals surface area contributed by atoms with Crippen LogP contribution in [0.5, 0.6) is 0 Å². The van der Waals surface area contributed by atoms with Crippen LogP contribution in [0, 0.1) is 17.5 Å². The van der Waals surface area contributed by atoms with Crippen LogP contribution in [-0.2, 0) is 6.54 Å². The lowest BCUT2D eigenvalue weighted by atomic mass is 10.2. The van der Waals surface area contributed by atoms with Crippen LogP contribution in [0.1, 0.15) is 16.1 Å². The minimum Gasteiger partial charge on any atom is -0.357 e. The number of amides is 1. The van der Waals surface area contributed by atoms with Gasteiger partial charge in [0.05, 0.1) is 0 Å². The number of hydrogen-bond donors (Lipinski definition) is 2. The molecule has 6 heteroatoms. The number of carbonyl (C=O) groups excluding carboxylic acids is 1. The van der Waals surface area contributed by atoms with Gasteiger partial charge in [0.25, 0.3) is 5.91 Å². The number of benzene rings is 1. The van der Waals surface area contributed by atoms with Crippen molar-refractivity contribution in [2.24, 2.45) is 0 Å². The third-order valence-corrected chi connectivity index (χ3v) is 2.37. The maximum absolute atomic E-state index is 13.3. The van der Waals surface area contributed by atoms with Crippen LogP contribution in [0.15, 0.2) is 30.5 Å². The van der Waals surface area contributed by atoms with Crippen LogP contribution < -0.4 is 5.32 Å². The van der Waals surface area contributed by atoms with E-state index in [1.807, 2.05) is 0 Å². The third kappa shape index (κ3) is 2.53. The van der Waals surface area contributed by atoms with Crippen molar-refractivity contribution < 1.29 is 18.0 Å². The summed E-state index contributed by atoms with van der Waals surface area (Å²) in [5.41, 5.74) is -0.103. The topological polar surface area (TPSA) is 44.9 Å². The molecule has 0 aliphatic carbocycles. The molecule has 1 aromatic heterocycles. The Morgan fingerprint density at radius 3 is 2.44 bits per heavy atom. The van der Waals surface area contributed by atoms with Crippen molar-refractivity contribution in [3.8, 4) is 0 Å². The Kier molecular flexibility index (Phi) is 3.36. The van der Waals surface area contributed by atoms with Crippen LogP contribution in [0.25, 0.3) is 0 Å². The van der Waals surface area contributed by atoms with Crippen molar-refractivity contribution in [3.05, 3.63) is 59.2 Å². The molecule has 1 amide bonds. The molecule has 3 nitrogen and oxygen atoms in total. The van der Waals surface area contributed by atoms with E-state index in [2.05, 4.69) is 10.3 Å². The predicted molar refractivity (Wildman–Crippen MR) is 58.3 cm³/mol. The van der Waals surface area contributed by atoms with Gasteiger partial charge in [-0.15, -0.1) is 0 Å². The molecule has 2 rings (SSSR count). The first-order chi connectivity index (χ1) is 8.58. The van der Waals surface area contributed by atoms with Crippen molar-refractivity contribution in [2.75, 3.05) is 0 Å². The Labute approximate surface area is 101 Å². The second-order valence-corrected chi connectivity index (χ2v) is 3.61. The lowest BCUT2D eigenvalue weighted by Gasteiger charge is -2.06. The zero-order valence-electron chi connectivity index (χ0n) is 9.14. The highest BCUT2D eigenvalue weighted by molar-refractivity contribution is 5.92. The number of carbonyl (C=O) groups is 1. The molecule has 0 atom stereocenters. The van der Waals surface area contributed by atoms with Gasteiger partial charge in [-0.3, -0.25) is 4.79 Å². The average Bonchev–Trinajstić information content (AvgIpc) is 2.80. The number of H-pyrrole nitrogens is 1. The molecule has 0 bridgehead atoms. The Bertz CT molecular complexity index is 544. The Morgan fingerprint density at radius 2 is 1.89 bits per heavy atom. The minimum atomic E-state index is -1.03. The third-order valence-electron chi connectivity index (χ3n) is 2.37. The summed E-state index contributed by atoms with van der Waals surface area (Å²) < 4.78 is 39.2. The van der Waals surface area contributed by atoms with E-state index in [0.29, 0.717) is 12.1 Å². The van der Waals surface area contributed by atoms with Gasteiger partial charge >= 0.3 is 0 Å². The summed E-state index contributed by atoms with van der Waals surface area (Å²) in [6.45, 7) is -0.351. The number of hydrogen-bond acceptors (Lipinski definition) is 1. The quantitative estimate of drug-likeness (QED) is 0.867. The fourth-order valence-electron chi connectivity index (χ4n) is 1.48. The molecule has 2 aromatic rings. The molecule has 0 aliphatic rings. The molecule has 0 spiro atoms. The first kappa shape index (κ1) is 12.2. The summed E-state index contributed by atoms with van der Waals surface area (Å²) in [5.74, 6) is -3.55. The molecule has 1 aromatic carbocycles. The first-order valence-corrected chi connectivity index (χ1v) is 5.13. The zero-order chi connectivity index (χ0) is 13.1. The summed E-state index contributed by atoms with van der Waals surface area (Å²) in [7, 11) is 0. The molecule has 2 N–H and O–H groups in total. The summed E-state index contributed by atoms with van der Waals surface area (Å²) in [6, 6.07) is 4.28. The number of nitrogens with one attached hydrogen (secondary N) is 2. The second kappa shape index (κ2) is 4.95. The van der Waals surface area contributed by atoms with Crippen molar-refractivity contribution in [1.82, 2.24) is 10.3 Å². The predicted octanol–water partition coefficient (Wildman–Crippen LogP) is 2.36. The molecule has 0 fully saturated rings. The lowest BCUT2D eigenvalue weighted by molar-refractivity contribution is 0.0946. The highest BCUT2D eigenvalue weighted by Gasteiger charge is 2.13. The van der Waals surface area contributed by atoms with Gasteiger partial charge in [-0.25, -0.2) is 13.2 Å². The Morgan fingerprint density at radius 1 is 1.22 bits per heavy atom. The fourth-order valence-corrected chi connectivity index (χ4v) is 1.48.